The minimum Gasteiger partial charge on any atom is -0.483 e. The molecule has 1 atom stereocenters. The molecule has 0 spiro atoms. The number of nitrogens with one attached hydrogen (secondary N) is 1. The van der Waals surface area contributed by atoms with E-state index in [1.54, 1.807) is 12.1 Å². The molecule has 1 rings (SSSR count). The summed E-state index contributed by atoms with van der Waals surface area (Å²) in [5.41, 5.74) is 6.90. The number of rotatable bonds is 7. The van der Waals surface area contributed by atoms with Crippen LogP contribution in [-0.2, 0) is 11.2 Å². The summed E-state index contributed by atoms with van der Waals surface area (Å²) in [4.78, 5) is 11.6. The van der Waals surface area contributed by atoms with Crippen molar-refractivity contribution in [1.29, 1.82) is 0 Å². The average Bonchev–Trinajstić information content (AvgIpc) is 2.36. The lowest BCUT2D eigenvalue weighted by molar-refractivity contribution is -0.123. The molecule has 0 aromatic heterocycles. The van der Waals surface area contributed by atoms with E-state index in [0.29, 0.717) is 17.2 Å². The van der Waals surface area contributed by atoms with Crippen LogP contribution in [0.4, 0.5) is 0 Å². The summed E-state index contributed by atoms with van der Waals surface area (Å²) in [5, 5.41) is 3.42. The Balaban J connectivity index is 2.71. The highest BCUT2D eigenvalue weighted by molar-refractivity contribution is 6.30. The first kappa shape index (κ1) is 16.8. The lowest BCUT2D eigenvalue weighted by atomic mass is 10.0. The van der Waals surface area contributed by atoms with Gasteiger partial charge in [0.25, 0.3) is 5.91 Å². The fourth-order valence-corrected chi connectivity index (χ4v) is 1.98. The van der Waals surface area contributed by atoms with E-state index in [2.05, 4.69) is 5.32 Å². The number of hydrogen-bond acceptors (Lipinski definition) is 3. The standard InChI is InChI=1S/C15H23ClN2O2/c1-4-13(17)8-11-7-12(16)5-6-14(11)20-9-15(19)18-10(2)3/h5-7,10,13H,4,8-9,17H2,1-3H3,(H,18,19). The Morgan fingerprint density at radius 2 is 2.15 bits per heavy atom. The zero-order valence-electron chi connectivity index (χ0n) is 12.3. The van der Waals surface area contributed by atoms with E-state index in [9.17, 15) is 4.79 Å². The second kappa shape index (κ2) is 8.12. The highest BCUT2D eigenvalue weighted by atomic mass is 35.5. The summed E-state index contributed by atoms with van der Waals surface area (Å²) in [7, 11) is 0. The summed E-state index contributed by atoms with van der Waals surface area (Å²) < 4.78 is 5.57. The molecule has 0 saturated heterocycles. The van der Waals surface area contributed by atoms with Gasteiger partial charge in [0, 0.05) is 17.1 Å². The molecule has 3 N–H and O–H groups in total. The van der Waals surface area contributed by atoms with Crippen LogP contribution in [0.15, 0.2) is 18.2 Å². The monoisotopic (exact) mass is 298 g/mol. The maximum Gasteiger partial charge on any atom is 0.258 e. The molecule has 0 heterocycles. The molecule has 5 heteroatoms. The quantitative estimate of drug-likeness (QED) is 0.813. The van der Waals surface area contributed by atoms with E-state index in [-0.39, 0.29) is 24.6 Å². The molecule has 1 aromatic carbocycles. The molecule has 4 nitrogen and oxygen atoms in total. The van der Waals surface area contributed by atoms with Gasteiger partial charge in [-0.25, -0.2) is 0 Å². The van der Waals surface area contributed by atoms with Gasteiger partial charge in [-0.15, -0.1) is 0 Å². The van der Waals surface area contributed by atoms with E-state index in [1.807, 2.05) is 26.8 Å². The molecule has 1 aromatic rings. The highest BCUT2D eigenvalue weighted by Gasteiger charge is 2.11. The van der Waals surface area contributed by atoms with Crippen LogP contribution in [0.25, 0.3) is 0 Å². The number of ether oxygens (including phenoxy) is 1. The van der Waals surface area contributed by atoms with Gasteiger partial charge in [0.2, 0.25) is 0 Å². The smallest absolute Gasteiger partial charge is 0.258 e. The molecule has 0 aliphatic heterocycles. The highest BCUT2D eigenvalue weighted by Crippen LogP contribution is 2.24. The first-order chi connectivity index (χ1) is 9.42. The van der Waals surface area contributed by atoms with E-state index >= 15 is 0 Å². The maximum absolute atomic E-state index is 11.6. The van der Waals surface area contributed by atoms with Crippen molar-refractivity contribution in [2.24, 2.45) is 5.73 Å². The fraction of sp³-hybridized carbons (Fsp3) is 0.533. The first-order valence-electron chi connectivity index (χ1n) is 6.88. The van der Waals surface area contributed by atoms with Crippen molar-refractivity contribution in [2.75, 3.05) is 6.61 Å². The SMILES string of the molecule is CCC(N)Cc1cc(Cl)ccc1OCC(=O)NC(C)C. The molecule has 20 heavy (non-hydrogen) atoms. The van der Waals surface area contributed by atoms with Gasteiger partial charge in [-0.3, -0.25) is 4.79 Å². The summed E-state index contributed by atoms with van der Waals surface area (Å²) in [6.07, 6.45) is 1.55. The van der Waals surface area contributed by atoms with Crippen LogP contribution >= 0.6 is 11.6 Å². The molecule has 0 saturated carbocycles. The minimum absolute atomic E-state index is 0.00578. The molecule has 1 amide bonds. The second-order valence-electron chi connectivity index (χ2n) is 5.14. The van der Waals surface area contributed by atoms with E-state index in [1.165, 1.54) is 0 Å². The third-order valence-corrected chi connectivity index (χ3v) is 3.07. The van der Waals surface area contributed by atoms with Crippen molar-refractivity contribution >= 4 is 17.5 Å². The Labute approximate surface area is 125 Å². The number of halogens is 1. The molecule has 0 aliphatic carbocycles. The number of carbonyl (C=O) groups excluding carboxylic acids is 1. The van der Waals surface area contributed by atoms with Crippen molar-refractivity contribution in [3.63, 3.8) is 0 Å². The van der Waals surface area contributed by atoms with Gasteiger partial charge in [0.15, 0.2) is 6.61 Å². The predicted octanol–water partition coefficient (Wildman–Crippen LogP) is 2.52. The third-order valence-electron chi connectivity index (χ3n) is 2.84. The molecule has 0 bridgehead atoms. The zero-order chi connectivity index (χ0) is 15.1. The van der Waals surface area contributed by atoms with Gasteiger partial charge in [-0.1, -0.05) is 18.5 Å². The lowest BCUT2D eigenvalue weighted by Crippen LogP contribution is -2.34. The van der Waals surface area contributed by atoms with Crippen molar-refractivity contribution in [2.45, 2.75) is 45.7 Å². The Bertz CT molecular complexity index is 449. The van der Waals surface area contributed by atoms with E-state index < -0.39 is 0 Å². The second-order valence-corrected chi connectivity index (χ2v) is 5.57. The summed E-state index contributed by atoms with van der Waals surface area (Å²) in [5.74, 6) is 0.526. The van der Waals surface area contributed by atoms with Gasteiger partial charge in [-0.05, 0) is 50.5 Å². The number of hydrogen-bond donors (Lipinski definition) is 2. The Morgan fingerprint density at radius 3 is 2.75 bits per heavy atom. The van der Waals surface area contributed by atoms with Crippen LogP contribution in [0, 0.1) is 0 Å². The lowest BCUT2D eigenvalue weighted by Gasteiger charge is -2.15. The normalized spacial score (nSPS) is 12.3. The van der Waals surface area contributed by atoms with Crippen LogP contribution in [0.3, 0.4) is 0 Å². The number of nitrogens with two attached hydrogens (primary N) is 1. The number of carbonyl (C=O) groups is 1. The third kappa shape index (κ3) is 5.80. The molecule has 1 unspecified atom stereocenters. The minimum atomic E-state index is -0.138. The molecule has 0 fully saturated rings. The van der Waals surface area contributed by atoms with Gasteiger partial charge in [-0.2, -0.15) is 0 Å². The molecule has 0 radical (unpaired) electrons. The number of amides is 1. The van der Waals surface area contributed by atoms with Gasteiger partial charge in [0.05, 0.1) is 0 Å². The summed E-state index contributed by atoms with van der Waals surface area (Å²) in [6.45, 7) is 5.85. The van der Waals surface area contributed by atoms with E-state index in [4.69, 9.17) is 22.1 Å². The van der Waals surface area contributed by atoms with Crippen molar-refractivity contribution in [1.82, 2.24) is 5.32 Å². The van der Waals surface area contributed by atoms with Gasteiger partial charge in [0.1, 0.15) is 5.75 Å². The Kier molecular flexibility index (Phi) is 6.82. The molecular formula is C15H23ClN2O2. The van der Waals surface area contributed by atoms with Crippen LogP contribution in [-0.4, -0.2) is 24.6 Å². The van der Waals surface area contributed by atoms with E-state index in [0.717, 1.165) is 12.0 Å². The van der Waals surface area contributed by atoms with Crippen LogP contribution in [0.2, 0.25) is 5.02 Å². The average molecular weight is 299 g/mol. The van der Waals surface area contributed by atoms with Crippen LogP contribution in [0.5, 0.6) is 5.75 Å². The first-order valence-corrected chi connectivity index (χ1v) is 7.26. The Hall–Kier alpha value is -1.26. The number of benzene rings is 1. The fourth-order valence-electron chi connectivity index (χ4n) is 1.78. The van der Waals surface area contributed by atoms with Gasteiger partial charge >= 0.3 is 0 Å². The van der Waals surface area contributed by atoms with Crippen molar-refractivity contribution in [3.8, 4) is 5.75 Å². The summed E-state index contributed by atoms with van der Waals surface area (Å²) in [6, 6.07) is 5.53. The summed E-state index contributed by atoms with van der Waals surface area (Å²) >= 11 is 6.00. The largest absolute Gasteiger partial charge is 0.483 e. The predicted molar refractivity (Wildman–Crippen MR) is 82.2 cm³/mol. The van der Waals surface area contributed by atoms with Crippen molar-refractivity contribution in [3.05, 3.63) is 28.8 Å². The van der Waals surface area contributed by atoms with Crippen LogP contribution in [0.1, 0.15) is 32.8 Å². The Morgan fingerprint density at radius 1 is 1.45 bits per heavy atom. The topological polar surface area (TPSA) is 64.3 Å². The maximum atomic E-state index is 11.6. The van der Waals surface area contributed by atoms with Crippen LogP contribution < -0.4 is 15.8 Å². The van der Waals surface area contributed by atoms with Crippen molar-refractivity contribution < 1.29 is 9.53 Å². The molecule has 112 valence electrons. The molecular weight excluding hydrogens is 276 g/mol. The zero-order valence-corrected chi connectivity index (χ0v) is 13.0. The van der Waals surface area contributed by atoms with Gasteiger partial charge < -0.3 is 15.8 Å². The molecule has 0 aliphatic rings.